The Morgan fingerprint density at radius 1 is 1.12 bits per heavy atom. The molecular formula is C21H23NO4. The number of nitrogens with zero attached hydrogens (tertiary/aromatic N) is 1. The number of hydrogen-bond donors (Lipinski definition) is 0. The molecule has 2 aliphatic rings. The second kappa shape index (κ2) is 6.56. The number of carbonyl (C=O) groups is 1. The fourth-order valence-electron chi connectivity index (χ4n) is 3.75. The molecule has 1 aliphatic heterocycles. The van der Waals surface area contributed by atoms with Crippen LogP contribution >= 0.6 is 0 Å². The molecule has 1 unspecified atom stereocenters. The lowest BCUT2D eigenvalue weighted by Crippen LogP contribution is -2.20. The van der Waals surface area contributed by atoms with Gasteiger partial charge in [0.2, 0.25) is 6.79 Å². The maximum absolute atomic E-state index is 12.4. The van der Waals surface area contributed by atoms with Crippen LogP contribution in [0.2, 0.25) is 0 Å². The molecule has 0 spiro atoms. The molecule has 0 N–H and O–H groups in total. The van der Waals surface area contributed by atoms with Gasteiger partial charge in [0.05, 0.1) is 6.61 Å². The third-order valence-electron chi connectivity index (χ3n) is 5.02. The fourth-order valence-corrected chi connectivity index (χ4v) is 3.75. The Hall–Kier alpha value is -2.69. The molecule has 0 saturated heterocycles. The van der Waals surface area contributed by atoms with E-state index >= 15 is 0 Å². The summed E-state index contributed by atoms with van der Waals surface area (Å²) in [5, 5.41) is 0. The largest absolute Gasteiger partial charge is 0.493 e. The minimum atomic E-state index is -0.0292. The lowest BCUT2D eigenvalue weighted by Gasteiger charge is -2.28. The molecule has 0 fully saturated rings. The van der Waals surface area contributed by atoms with Gasteiger partial charge >= 0.3 is 0 Å². The van der Waals surface area contributed by atoms with Crippen molar-refractivity contribution in [2.45, 2.75) is 25.7 Å². The normalized spacial score (nSPS) is 17.8. The van der Waals surface area contributed by atoms with E-state index in [1.807, 2.05) is 44.1 Å². The summed E-state index contributed by atoms with van der Waals surface area (Å²) in [6.07, 6.45) is 0.927. The summed E-state index contributed by atoms with van der Waals surface area (Å²) in [7, 11) is 4.01. The molecule has 4 rings (SSSR count). The van der Waals surface area contributed by atoms with Gasteiger partial charge in [0.25, 0.3) is 0 Å². The highest BCUT2D eigenvalue weighted by Crippen LogP contribution is 2.45. The van der Waals surface area contributed by atoms with Crippen LogP contribution in [0.5, 0.6) is 17.2 Å². The van der Waals surface area contributed by atoms with Crippen molar-refractivity contribution in [2.24, 2.45) is 0 Å². The summed E-state index contributed by atoms with van der Waals surface area (Å²) in [6.45, 7) is 2.79. The first-order valence-corrected chi connectivity index (χ1v) is 8.95. The molecule has 5 nitrogen and oxygen atoms in total. The predicted octanol–water partition coefficient (Wildman–Crippen LogP) is 3.53. The molecule has 1 atom stereocenters. The van der Waals surface area contributed by atoms with Gasteiger partial charge in [0.1, 0.15) is 11.5 Å². The van der Waals surface area contributed by atoms with E-state index in [2.05, 4.69) is 12.1 Å². The first-order valence-electron chi connectivity index (χ1n) is 8.95. The van der Waals surface area contributed by atoms with Crippen molar-refractivity contribution in [3.63, 3.8) is 0 Å². The van der Waals surface area contributed by atoms with Crippen LogP contribution in [0.25, 0.3) is 0 Å². The Kier molecular flexibility index (Phi) is 4.23. The Bertz CT molecular complexity index is 859. The highest BCUT2D eigenvalue weighted by molar-refractivity contribution is 5.85. The van der Waals surface area contributed by atoms with E-state index in [4.69, 9.17) is 14.2 Å². The molecule has 0 radical (unpaired) electrons. The SMILES string of the molecule is CCOc1cc(N(C)C)ccc1C1CC(=O)Cc2cc3c(cc21)OCO3. The molecule has 0 aromatic heterocycles. The molecule has 26 heavy (non-hydrogen) atoms. The average molecular weight is 353 g/mol. The smallest absolute Gasteiger partial charge is 0.231 e. The summed E-state index contributed by atoms with van der Waals surface area (Å²) < 4.78 is 17.0. The van der Waals surface area contributed by atoms with Crippen molar-refractivity contribution in [2.75, 3.05) is 32.4 Å². The Morgan fingerprint density at radius 2 is 1.88 bits per heavy atom. The van der Waals surface area contributed by atoms with Crippen molar-refractivity contribution in [3.05, 3.63) is 47.0 Å². The van der Waals surface area contributed by atoms with Crippen molar-refractivity contribution >= 4 is 11.5 Å². The number of fused-ring (bicyclic) bond motifs is 2. The van der Waals surface area contributed by atoms with Crippen LogP contribution in [0.1, 0.15) is 36.0 Å². The molecule has 5 heteroatoms. The van der Waals surface area contributed by atoms with Crippen LogP contribution in [0.3, 0.4) is 0 Å². The molecular weight excluding hydrogens is 330 g/mol. The molecule has 2 aromatic carbocycles. The number of benzene rings is 2. The number of ether oxygens (including phenoxy) is 3. The highest BCUT2D eigenvalue weighted by atomic mass is 16.7. The van der Waals surface area contributed by atoms with Crippen molar-refractivity contribution in [1.82, 2.24) is 0 Å². The van der Waals surface area contributed by atoms with Crippen LogP contribution in [0.15, 0.2) is 30.3 Å². The van der Waals surface area contributed by atoms with Gasteiger partial charge in [-0.25, -0.2) is 0 Å². The number of Topliss-reactive ketones (excluding diaryl/α,β-unsaturated/α-hetero) is 1. The van der Waals surface area contributed by atoms with Crippen LogP contribution in [-0.2, 0) is 11.2 Å². The van der Waals surface area contributed by atoms with E-state index in [1.54, 1.807) is 0 Å². The summed E-state index contributed by atoms with van der Waals surface area (Å²) >= 11 is 0. The molecule has 1 aliphatic carbocycles. The van der Waals surface area contributed by atoms with Crippen LogP contribution in [0.4, 0.5) is 5.69 Å². The molecule has 2 aromatic rings. The van der Waals surface area contributed by atoms with Gasteiger partial charge in [0, 0.05) is 50.2 Å². The number of rotatable bonds is 4. The van der Waals surface area contributed by atoms with Gasteiger partial charge in [-0.05, 0) is 36.2 Å². The summed E-state index contributed by atoms with van der Waals surface area (Å²) in [6, 6.07) is 10.2. The van der Waals surface area contributed by atoms with Gasteiger partial charge in [-0.2, -0.15) is 0 Å². The third-order valence-corrected chi connectivity index (χ3v) is 5.02. The zero-order valence-electron chi connectivity index (χ0n) is 15.4. The third kappa shape index (κ3) is 2.87. The zero-order valence-corrected chi connectivity index (χ0v) is 15.4. The summed E-state index contributed by atoms with van der Waals surface area (Å²) in [5.74, 6) is 2.53. The van der Waals surface area contributed by atoms with E-state index in [1.165, 1.54) is 0 Å². The van der Waals surface area contributed by atoms with E-state index in [-0.39, 0.29) is 18.5 Å². The van der Waals surface area contributed by atoms with E-state index in [9.17, 15) is 4.79 Å². The van der Waals surface area contributed by atoms with Crippen LogP contribution in [-0.4, -0.2) is 33.3 Å². The van der Waals surface area contributed by atoms with Gasteiger partial charge < -0.3 is 19.1 Å². The molecule has 0 bridgehead atoms. The first kappa shape index (κ1) is 16.8. The highest BCUT2D eigenvalue weighted by Gasteiger charge is 2.31. The number of ketones is 1. The standard InChI is InChI=1S/C21H23NO4/c1-4-24-19-9-14(22(2)3)5-6-16(19)18-10-15(23)7-13-8-20-21(11-17(13)18)26-12-25-20/h5-6,8-9,11,18H,4,7,10,12H2,1-3H3. The fraction of sp³-hybridized carbons (Fsp3) is 0.381. The molecule has 0 amide bonds. The van der Waals surface area contributed by atoms with Crippen LogP contribution < -0.4 is 19.1 Å². The maximum Gasteiger partial charge on any atom is 0.231 e. The quantitative estimate of drug-likeness (QED) is 0.842. The maximum atomic E-state index is 12.4. The minimum absolute atomic E-state index is 0.0292. The number of carbonyl (C=O) groups excluding carboxylic acids is 1. The van der Waals surface area contributed by atoms with Crippen molar-refractivity contribution in [3.8, 4) is 17.2 Å². The second-order valence-electron chi connectivity index (χ2n) is 6.93. The van der Waals surface area contributed by atoms with Gasteiger partial charge in [-0.15, -0.1) is 0 Å². The predicted molar refractivity (Wildman–Crippen MR) is 99.7 cm³/mol. The molecule has 136 valence electrons. The Morgan fingerprint density at radius 3 is 2.62 bits per heavy atom. The average Bonchev–Trinajstić information content (AvgIpc) is 3.06. The summed E-state index contributed by atoms with van der Waals surface area (Å²) in [4.78, 5) is 14.5. The van der Waals surface area contributed by atoms with Gasteiger partial charge in [-0.3, -0.25) is 4.79 Å². The number of anilines is 1. The van der Waals surface area contributed by atoms with E-state index in [0.717, 1.165) is 39.6 Å². The topological polar surface area (TPSA) is 48.0 Å². The molecule has 0 saturated carbocycles. The van der Waals surface area contributed by atoms with Crippen molar-refractivity contribution in [1.29, 1.82) is 0 Å². The van der Waals surface area contributed by atoms with E-state index < -0.39 is 0 Å². The van der Waals surface area contributed by atoms with Gasteiger partial charge in [0.15, 0.2) is 11.5 Å². The lowest BCUT2D eigenvalue weighted by atomic mass is 9.77. The van der Waals surface area contributed by atoms with E-state index in [0.29, 0.717) is 19.4 Å². The lowest BCUT2D eigenvalue weighted by molar-refractivity contribution is -0.119. The molecule has 1 heterocycles. The monoisotopic (exact) mass is 353 g/mol. The first-order chi connectivity index (χ1) is 12.6. The minimum Gasteiger partial charge on any atom is -0.493 e. The zero-order chi connectivity index (χ0) is 18.3. The Balaban J connectivity index is 1.82. The summed E-state index contributed by atoms with van der Waals surface area (Å²) in [5.41, 5.74) is 4.28. The Labute approximate surface area is 153 Å². The number of hydrogen-bond acceptors (Lipinski definition) is 5. The van der Waals surface area contributed by atoms with Crippen molar-refractivity contribution < 1.29 is 19.0 Å². The second-order valence-corrected chi connectivity index (χ2v) is 6.93. The van der Waals surface area contributed by atoms with Crippen LogP contribution in [0, 0.1) is 0 Å². The van der Waals surface area contributed by atoms with Gasteiger partial charge in [-0.1, -0.05) is 6.07 Å².